The summed E-state index contributed by atoms with van der Waals surface area (Å²) in [6.07, 6.45) is 0. The average molecular weight is 184 g/mol. The van der Waals surface area contributed by atoms with Crippen LogP contribution in [0.4, 0.5) is 4.39 Å². The molecule has 2 rings (SSSR count). The van der Waals surface area contributed by atoms with Crippen molar-refractivity contribution in [1.29, 1.82) is 0 Å². The van der Waals surface area contributed by atoms with E-state index in [1.807, 2.05) is 6.92 Å². The van der Waals surface area contributed by atoms with E-state index in [-0.39, 0.29) is 5.82 Å². The van der Waals surface area contributed by atoms with Gasteiger partial charge in [0.1, 0.15) is 11.0 Å². The zero-order valence-electron chi connectivity index (χ0n) is 6.51. The zero-order chi connectivity index (χ0) is 8.72. The van der Waals surface area contributed by atoms with E-state index < -0.39 is 0 Å². The van der Waals surface area contributed by atoms with Gasteiger partial charge in [-0.1, -0.05) is 11.6 Å². The van der Waals surface area contributed by atoms with E-state index in [2.05, 4.69) is 0 Å². The third-order valence-electron chi connectivity index (χ3n) is 1.90. The molecule has 0 aliphatic heterocycles. The Morgan fingerprint density at radius 2 is 2.00 bits per heavy atom. The fourth-order valence-electron chi connectivity index (χ4n) is 1.31. The normalized spacial score (nSPS) is 10.9. The minimum Gasteiger partial charge on any atom is -0.302 e. The Labute approximate surface area is 74.4 Å². The molecule has 0 spiro atoms. The molecule has 3 heteroatoms. The van der Waals surface area contributed by atoms with E-state index in [1.54, 1.807) is 22.6 Å². The number of fused-ring (bicyclic) bond motifs is 1. The van der Waals surface area contributed by atoms with Crippen molar-refractivity contribution >= 4 is 17.1 Å². The van der Waals surface area contributed by atoms with E-state index >= 15 is 0 Å². The van der Waals surface area contributed by atoms with Crippen LogP contribution in [-0.2, 0) is 0 Å². The van der Waals surface area contributed by atoms with E-state index in [9.17, 15) is 4.39 Å². The van der Waals surface area contributed by atoms with Gasteiger partial charge in [-0.25, -0.2) is 4.39 Å². The van der Waals surface area contributed by atoms with Crippen molar-refractivity contribution < 1.29 is 4.39 Å². The lowest BCUT2D eigenvalue weighted by atomic mass is 10.3. The lowest BCUT2D eigenvalue weighted by molar-refractivity contribution is 0.632. The average Bonchev–Trinajstić information content (AvgIpc) is 2.42. The second-order valence-electron chi connectivity index (χ2n) is 2.70. The Hall–Kier alpha value is -1.02. The van der Waals surface area contributed by atoms with Crippen LogP contribution in [0.5, 0.6) is 0 Å². The van der Waals surface area contributed by atoms with Crippen LogP contribution in [0.1, 0.15) is 5.69 Å². The van der Waals surface area contributed by atoms with Gasteiger partial charge in [-0.2, -0.15) is 0 Å². The Morgan fingerprint density at radius 3 is 2.67 bits per heavy atom. The zero-order valence-corrected chi connectivity index (χ0v) is 7.27. The van der Waals surface area contributed by atoms with E-state index in [0.717, 1.165) is 5.69 Å². The van der Waals surface area contributed by atoms with Crippen LogP contribution < -0.4 is 0 Å². The summed E-state index contributed by atoms with van der Waals surface area (Å²) in [6, 6.07) is 6.51. The Kier molecular flexibility index (Phi) is 1.58. The third-order valence-corrected chi connectivity index (χ3v) is 2.20. The number of hydrogen-bond donors (Lipinski definition) is 0. The molecule has 0 amide bonds. The molecule has 2 aromatic rings. The van der Waals surface area contributed by atoms with Crippen LogP contribution in [0.25, 0.3) is 5.52 Å². The largest absolute Gasteiger partial charge is 0.302 e. The highest BCUT2D eigenvalue weighted by molar-refractivity contribution is 6.30. The molecule has 12 heavy (non-hydrogen) atoms. The molecule has 0 aromatic carbocycles. The predicted molar refractivity (Wildman–Crippen MR) is 47.1 cm³/mol. The molecule has 62 valence electrons. The van der Waals surface area contributed by atoms with Gasteiger partial charge in [0.05, 0.1) is 5.52 Å². The fourth-order valence-corrected chi connectivity index (χ4v) is 1.60. The molecule has 0 aliphatic rings. The summed E-state index contributed by atoms with van der Waals surface area (Å²) in [4.78, 5) is 0. The molecule has 0 fully saturated rings. The summed E-state index contributed by atoms with van der Waals surface area (Å²) in [5.41, 5.74) is 1.46. The minimum atomic E-state index is -0.243. The van der Waals surface area contributed by atoms with Crippen LogP contribution in [-0.4, -0.2) is 4.40 Å². The molecule has 0 radical (unpaired) electrons. The second-order valence-corrected chi connectivity index (χ2v) is 3.09. The number of hydrogen-bond acceptors (Lipinski definition) is 0. The molecule has 2 aromatic heterocycles. The van der Waals surface area contributed by atoms with Gasteiger partial charge in [-0.15, -0.1) is 0 Å². The van der Waals surface area contributed by atoms with Gasteiger partial charge in [-0.05, 0) is 31.2 Å². The molecule has 0 saturated carbocycles. The molecule has 0 N–H and O–H groups in total. The van der Waals surface area contributed by atoms with Crippen LogP contribution in [0, 0.1) is 12.7 Å². The van der Waals surface area contributed by atoms with Gasteiger partial charge in [0.2, 0.25) is 0 Å². The Balaban J connectivity index is 2.98. The van der Waals surface area contributed by atoms with Crippen molar-refractivity contribution in [2.24, 2.45) is 0 Å². The van der Waals surface area contributed by atoms with Gasteiger partial charge in [0.15, 0.2) is 0 Å². The quantitative estimate of drug-likeness (QED) is 0.592. The number of nitrogens with zero attached hydrogens (tertiary/aromatic N) is 1. The predicted octanol–water partition coefficient (Wildman–Crippen LogP) is 3.04. The Bertz CT molecular complexity index is 433. The Morgan fingerprint density at radius 1 is 1.25 bits per heavy atom. The van der Waals surface area contributed by atoms with Crippen LogP contribution in [0.15, 0.2) is 24.3 Å². The topological polar surface area (TPSA) is 4.41 Å². The van der Waals surface area contributed by atoms with Crippen molar-refractivity contribution in [3.63, 3.8) is 0 Å². The van der Waals surface area contributed by atoms with Gasteiger partial charge in [0, 0.05) is 5.69 Å². The lowest BCUT2D eigenvalue weighted by Gasteiger charge is -2.01. The smallest absolute Gasteiger partial charge is 0.147 e. The molecule has 0 saturated heterocycles. The summed E-state index contributed by atoms with van der Waals surface area (Å²) in [5.74, 6) is -0.243. The van der Waals surface area contributed by atoms with Gasteiger partial charge in [-0.3, -0.25) is 0 Å². The molecule has 0 unspecified atom stereocenters. The maximum absolute atomic E-state index is 13.1. The summed E-state index contributed by atoms with van der Waals surface area (Å²) >= 11 is 5.85. The molecule has 0 bridgehead atoms. The first-order valence-corrected chi connectivity index (χ1v) is 4.00. The van der Waals surface area contributed by atoms with Gasteiger partial charge in [0.25, 0.3) is 0 Å². The number of halogens is 2. The van der Waals surface area contributed by atoms with Crippen LogP contribution in [0.2, 0.25) is 5.15 Å². The molecule has 2 heterocycles. The maximum Gasteiger partial charge on any atom is 0.147 e. The fraction of sp³-hybridized carbons (Fsp3) is 0.111. The molecule has 1 nitrogen and oxygen atoms in total. The maximum atomic E-state index is 13.1. The number of rotatable bonds is 0. The molecule has 0 atom stereocenters. The summed E-state index contributed by atoms with van der Waals surface area (Å²) in [6.45, 7) is 1.89. The summed E-state index contributed by atoms with van der Waals surface area (Å²) in [7, 11) is 0. The molecular weight excluding hydrogens is 177 g/mol. The van der Waals surface area contributed by atoms with E-state index in [0.29, 0.717) is 10.7 Å². The van der Waals surface area contributed by atoms with Gasteiger partial charge < -0.3 is 4.40 Å². The lowest BCUT2D eigenvalue weighted by Crippen LogP contribution is -1.92. The van der Waals surface area contributed by atoms with Crippen molar-refractivity contribution in [3.05, 3.63) is 40.9 Å². The highest BCUT2D eigenvalue weighted by atomic mass is 35.5. The van der Waals surface area contributed by atoms with E-state index in [1.165, 1.54) is 6.07 Å². The van der Waals surface area contributed by atoms with E-state index in [4.69, 9.17) is 11.6 Å². The highest BCUT2D eigenvalue weighted by Crippen LogP contribution is 2.19. The summed E-state index contributed by atoms with van der Waals surface area (Å²) in [5, 5.41) is 0.544. The first-order chi connectivity index (χ1) is 5.70. The standard InChI is InChI=1S/C9H7ClFN/c1-6-2-3-7(11)8-4-5-9(10)12(6)8/h2-5H,1H3. The first kappa shape index (κ1) is 7.62. The molecule has 0 aliphatic carbocycles. The van der Waals surface area contributed by atoms with Crippen molar-refractivity contribution in [3.8, 4) is 0 Å². The van der Waals surface area contributed by atoms with Crippen molar-refractivity contribution in [2.45, 2.75) is 6.92 Å². The monoisotopic (exact) mass is 183 g/mol. The number of aromatic nitrogens is 1. The summed E-state index contributed by atoms with van der Waals surface area (Å²) < 4.78 is 14.8. The minimum absolute atomic E-state index is 0.243. The van der Waals surface area contributed by atoms with Crippen molar-refractivity contribution in [2.75, 3.05) is 0 Å². The van der Waals surface area contributed by atoms with Crippen molar-refractivity contribution in [1.82, 2.24) is 4.40 Å². The third kappa shape index (κ3) is 0.916. The van der Waals surface area contributed by atoms with Crippen LogP contribution >= 0.6 is 11.6 Å². The number of pyridine rings is 1. The van der Waals surface area contributed by atoms with Gasteiger partial charge >= 0.3 is 0 Å². The highest BCUT2D eigenvalue weighted by Gasteiger charge is 2.05. The first-order valence-electron chi connectivity index (χ1n) is 3.62. The van der Waals surface area contributed by atoms with Crippen LogP contribution in [0.3, 0.4) is 0 Å². The SMILES string of the molecule is Cc1ccc(F)c2ccc(Cl)n12. The number of aryl methyl sites for hydroxylation is 1. The molecular formula is C9H7ClFN. The second kappa shape index (κ2) is 2.49.